The lowest BCUT2D eigenvalue weighted by Crippen LogP contribution is -2.37. The average molecular weight is 403 g/mol. The Morgan fingerprint density at radius 3 is 2.40 bits per heavy atom. The summed E-state index contributed by atoms with van der Waals surface area (Å²) in [6.07, 6.45) is 3.40. The van der Waals surface area contributed by atoms with Gasteiger partial charge in [0.2, 0.25) is 0 Å². The molecule has 1 aromatic carbocycles. The lowest BCUT2D eigenvalue weighted by Gasteiger charge is -2.08. The van der Waals surface area contributed by atoms with Gasteiger partial charge in [-0.2, -0.15) is 10.1 Å². The van der Waals surface area contributed by atoms with Gasteiger partial charge >= 0.3 is 5.69 Å². The van der Waals surface area contributed by atoms with Crippen LogP contribution in [0.3, 0.4) is 0 Å². The lowest BCUT2D eigenvalue weighted by atomic mass is 10.1. The average Bonchev–Trinajstić information content (AvgIpc) is 3.14. The number of aromatic nitrogens is 5. The van der Waals surface area contributed by atoms with Gasteiger partial charge in [0, 0.05) is 26.5 Å². The van der Waals surface area contributed by atoms with Crippen molar-refractivity contribution in [2.75, 3.05) is 0 Å². The molecule has 0 aliphatic heterocycles. The van der Waals surface area contributed by atoms with Crippen molar-refractivity contribution < 1.29 is 0 Å². The lowest BCUT2D eigenvalue weighted by molar-refractivity contribution is 0.701. The molecule has 1 unspecified atom stereocenters. The number of nitrogens with zero attached hydrogens (tertiary/aromatic N) is 7. The zero-order valence-corrected chi connectivity index (χ0v) is 16.9. The summed E-state index contributed by atoms with van der Waals surface area (Å²) in [5.74, 6) is 0.271. The topological polar surface area (TPSA) is 99.4 Å². The predicted molar refractivity (Wildman–Crippen MR) is 113 cm³/mol. The maximum Gasteiger partial charge on any atom is 0.332 e. The molecule has 0 N–H and O–H groups in total. The molecule has 0 amide bonds. The van der Waals surface area contributed by atoms with Gasteiger partial charge in [0.1, 0.15) is 0 Å². The van der Waals surface area contributed by atoms with Crippen molar-refractivity contribution in [2.24, 2.45) is 24.3 Å². The first-order chi connectivity index (χ1) is 14.5. The van der Waals surface area contributed by atoms with E-state index < -0.39 is 11.2 Å². The van der Waals surface area contributed by atoms with Crippen LogP contribution in [-0.4, -0.2) is 23.7 Å². The zero-order chi connectivity index (χ0) is 21.3. The highest BCUT2D eigenvalue weighted by Gasteiger charge is 2.19. The number of fused-ring (bicyclic) bond motifs is 1. The van der Waals surface area contributed by atoms with Gasteiger partial charge in [-0.25, -0.2) is 4.79 Å². The summed E-state index contributed by atoms with van der Waals surface area (Å²) < 4.78 is 4.13. The van der Waals surface area contributed by atoms with Gasteiger partial charge in [-0.3, -0.25) is 23.5 Å². The largest absolute Gasteiger partial charge is 0.332 e. The molecule has 3 heterocycles. The van der Waals surface area contributed by atoms with Crippen molar-refractivity contribution >= 4 is 17.1 Å². The van der Waals surface area contributed by atoms with Gasteiger partial charge in [-0.1, -0.05) is 30.3 Å². The minimum absolute atomic E-state index is 0.218. The fourth-order valence-corrected chi connectivity index (χ4v) is 3.27. The van der Waals surface area contributed by atoms with E-state index in [0.717, 1.165) is 15.7 Å². The third-order valence-electron chi connectivity index (χ3n) is 5.02. The molecular weight excluding hydrogens is 382 g/mol. The predicted octanol–water partition coefficient (Wildman–Crippen LogP) is 2.72. The highest BCUT2D eigenvalue weighted by Crippen LogP contribution is 2.23. The van der Waals surface area contributed by atoms with Gasteiger partial charge in [0.15, 0.2) is 11.2 Å². The van der Waals surface area contributed by atoms with E-state index in [1.165, 1.54) is 11.6 Å². The third kappa shape index (κ3) is 3.45. The summed E-state index contributed by atoms with van der Waals surface area (Å²) in [5.41, 5.74) is 1.68. The highest BCUT2D eigenvalue weighted by molar-refractivity contribution is 5.73. The van der Waals surface area contributed by atoms with Crippen molar-refractivity contribution in [3.05, 3.63) is 86.8 Å². The first-order valence-corrected chi connectivity index (χ1v) is 9.48. The fraction of sp³-hybridized carbons (Fsp3) is 0.238. The van der Waals surface area contributed by atoms with Crippen molar-refractivity contribution in [2.45, 2.75) is 19.5 Å². The summed E-state index contributed by atoms with van der Waals surface area (Å²) in [6.45, 7) is 2.29. The number of imidazole rings is 1. The van der Waals surface area contributed by atoms with E-state index in [1.807, 2.05) is 49.4 Å². The maximum absolute atomic E-state index is 12.9. The molecule has 9 heteroatoms. The molecule has 1 atom stereocenters. The molecule has 30 heavy (non-hydrogen) atoms. The van der Waals surface area contributed by atoms with E-state index >= 15 is 0 Å². The van der Waals surface area contributed by atoms with Crippen LogP contribution in [0.2, 0.25) is 0 Å². The molecule has 0 aliphatic carbocycles. The number of hydrogen-bond donors (Lipinski definition) is 0. The number of rotatable bonds is 5. The second-order valence-electron chi connectivity index (χ2n) is 7.03. The van der Waals surface area contributed by atoms with Crippen LogP contribution in [0.4, 0.5) is 5.95 Å². The van der Waals surface area contributed by atoms with Gasteiger partial charge in [0.05, 0.1) is 12.6 Å². The Morgan fingerprint density at radius 2 is 1.70 bits per heavy atom. The molecule has 0 aliphatic rings. The Bertz CT molecular complexity index is 1340. The van der Waals surface area contributed by atoms with E-state index in [2.05, 4.69) is 20.2 Å². The van der Waals surface area contributed by atoms with Crippen LogP contribution < -0.4 is 11.2 Å². The summed E-state index contributed by atoms with van der Waals surface area (Å²) >= 11 is 0. The molecule has 4 aromatic rings. The zero-order valence-electron chi connectivity index (χ0n) is 16.9. The molecule has 152 valence electrons. The van der Waals surface area contributed by atoms with Gasteiger partial charge in [-0.05, 0) is 30.2 Å². The Morgan fingerprint density at radius 1 is 1.00 bits per heavy atom. The van der Waals surface area contributed by atoms with Gasteiger partial charge in [-0.15, -0.1) is 5.11 Å². The Labute approximate surface area is 172 Å². The highest BCUT2D eigenvalue weighted by atomic mass is 16.2. The van der Waals surface area contributed by atoms with Gasteiger partial charge in [0.25, 0.3) is 11.5 Å². The first-order valence-electron chi connectivity index (χ1n) is 9.48. The minimum atomic E-state index is -0.439. The third-order valence-corrected chi connectivity index (χ3v) is 5.02. The standard InChI is InChI=1S/C21H21N7O2/c1-14(16-9-11-22-12-10-16)24-25-20-23-18-17(19(29)27(3)21(30)26(18)2)28(20)13-15-7-5-4-6-8-15/h4-12,14H,13H2,1-3H3. The Hall–Kier alpha value is -3.88. The van der Waals surface area contributed by atoms with Crippen molar-refractivity contribution in [3.63, 3.8) is 0 Å². The molecule has 0 radical (unpaired) electrons. The van der Waals surface area contributed by atoms with Crippen LogP contribution in [0.5, 0.6) is 0 Å². The molecule has 3 aromatic heterocycles. The second-order valence-corrected chi connectivity index (χ2v) is 7.03. The van der Waals surface area contributed by atoms with Crippen molar-refractivity contribution in [1.29, 1.82) is 0 Å². The minimum Gasteiger partial charge on any atom is -0.297 e. The molecule has 0 saturated heterocycles. The molecule has 0 bridgehead atoms. The Kier molecular flexibility index (Phi) is 5.09. The van der Waals surface area contributed by atoms with E-state index in [9.17, 15) is 9.59 Å². The molecule has 0 saturated carbocycles. The van der Waals surface area contributed by atoms with Crippen LogP contribution in [0.15, 0.2) is 74.7 Å². The summed E-state index contributed by atoms with van der Waals surface area (Å²) in [5, 5.41) is 8.73. The van der Waals surface area contributed by atoms with Crippen LogP contribution >= 0.6 is 0 Å². The number of pyridine rings is 1. The SMILES string of the molecule is CC(N=Nc1nc2c(c(=O)n(C)c(=O)n2C)n1Cc1ccccc1)c1ccncc1. The second kappa shape index (κ2) is 7.86. The molecule has 0 fully saturated rings. The van der Waals surface area contributed by atoms with Gasteiger partial charge < -0.3 is 0 Å². The summed E-state index contributed by atoms with van der Waals surface area (Å²) in [7, 11) is 3.04. The number of aryl methyl sites for hydroxylation is 1. The first kappa shape index (κ1) is 19.4. The van der Waals surface area contributed by atoms with Crippen LogP contribution in [0.1, 0.15) is 24.1 Å². The molecular formula is C21H21N7O2. The fourth-order valence-electron chi connectivity index (χ4n) is 3.27. The summed E-state index contributed by atoms with van der Waals surface area (Å²) in [6, 6.07) is 13.2. The van der Waals surface area contributed by atoms with E-state index in [4.69, 9.17) is 0 Å². The van der Waals surface area contributed by atoms with E-state index in [0.29, 0.717) is 12.1 Å². The van der Waals surface area contributed by atoms with Crippen molar-refractivity contribution in [3.8, 4) is 0 Å². The van der Waals surface area contributed by atoms with Crippen LogP contribution in [0, 0.1) is 0 Å². The normalized spacial score (nSPS) is 12.6. The molecule has 9 nitrogen and oxygen atoms in total. The van der Waals surface area contributed by atoms with Crippen LogP contribution in [-0.2, 0) is 20.6 Å². The molecule has 4 rings (SSSR count). The van der Waals surface area contributed by atoms with Crippen LogP contribution in [0.25, 0.3) is 11.2 Å². The number of azo groups is 1. The monoisotopic (exact) mass is 403 g/mol. The molecule has 0 spiro atoms. The van der Waals surface area contributed by atoms with Crippen molar-refractivity contribution in [1.82, 2.24) is 23.7 Å². The Balaban J connectivity index is 1.88. The number of hydrogen-bond acceptors (Lipinski definition) is 6. The summed E-state index contributed by atoms with van der Waals surface area (Å²) in [4.78, 5) is 33.7. The maximum atomic E-state index is 12.9. The quantitative estimate of drug-likeness (QED) is 0.478. The smallest absolute Gasteiger partial charge is 0.297 e. The van der Waals surface area contributed by atoms with E-state index in [-0.39, 0.29) is 17.6 Å². The van der Waals surface area contributed by atoms with E-state index in [1.54, 1.807) is 24.0 Å². The number of benzene rings is 1.